The second-order valence-electron chi connectivity index (χ2n) is 5.88. The summed E-state index contributed by atoms with van der Waals surface area (Å²) in [4.78, 5) is 20.2. The molecule has 1 heterocycles. The number of carbonyl (C=O) groups is 1. The largest absolute Gasteiger partial charge is 0.441 e. The number of amides is 1. The second kappa shape index (κ2) is 8.61. The van der Waals surface area contributed by atoms with Gasteiger partial charge in [-0.3, -0.25) is 9.69 Å². The fraction of sp³-hybridized carbons (Fsp3) is 0.444. The third-order valence-corrected chi connectivity index (χ3v) is 3.76. The van der Waals surface area contributed by atoms with Gasteiger partial charge in [-0.2, -0.15) is 0 Å². The topological polar surface area (TPSA) is 58.8 Å². The van der Waals surface area contributed by atoms with E-state index in [2.05, 4.69) is 4.98 Å². The summed E-state index contributed by atoms with van der Waals surface area (Å²) in [6, 6.07) is 9.80. The summed E-state index contributed by atoms with van der Waals surface area (Å²) in [7, 11) is 5.16. The van der Waals surface area contributed by atoms with Crippen LogP contribution in [-0.4, -0.2) is 61.6 Å². The van der Waals surface area contributed by atoms with Crippen LogP contribution >= 0.6 is 0 Å². The zero-order chi connectivity index (χ0) is 17.5. The summed E-state index contributed by atoms with van der Waals surface area (Å²) in [6.45, 7) is 3.98. The van der Waals surface area contributed by atoms with Gasteiger partial charge in [-0.1, -0.05) is 18.2 Å². The smallest absolute Gasteiger partial charge is 0.236 e. The Morgan fingerprint density at radius 1 is 1.25 bits per heavy atom. The van der Waals surface area contributed by atoms with Crippen molar-refractivity contribution in [2.75, 3.05) is 40.9 Å². The number of benzene rings is 1. The predicted molar refractivity (Wildman–Crippen MR) is 92.5 cm³/mol. The molecule has 2 rings (SSSR count). The first kappa shape index (κ1) is 18.2. The highest BCUT2D eigenvalue weighted by Gasteiger charge is 2.17. The SMILES string of the molecule is COCCN(CC(=O)N(C)C)Cc1nc(-c2ccccc2)oc1C. The van der Waals surface area contributed by atoms with Crippen molar-refractivity contribution in [3.05, 3.63) is 41.8 Å². The molecule has 1 aromatic heterocycles. The van der Waals surface area contributed by atoms with Crippen LogP contribution in [0.25, 0.3) is 11.5 Å². The van der Waals surface area contributed by atoms with Crippen LogP contribution in [0.3, 0.4) is 0 Å². The number of aryl methyl sites for hydroxylation is 1. The first-order chi connectivity index (χ1) is 11.5. The lowest BCUT2D eigenvalue weighted by atomic mass is 10.2. The molecule has 0 aliphatic heterocycles. The molecule has 0 radical (unpaired) electrons. The molecule has 0 fully saturated rings. The van der Waals surface area contributed by atoms with Crippen molar-refractivity contribution in [3.8, 4) is 11.5 Å². The molecule has 1 aromatic carbocycles. The van der Waals surface area contributed by atoms with E-state index in [0.717, 1.165) is 17.0 Å². The highest BCUT2D eigenvalue weighted by molar-refractivity contribution is 5.77. The number of ether oxygens (including phenoxy) is 1. The fourth-order valence-electron chi connectivity index (χ4n) is 2.26. The van der Waals surface area contributed by atoms with Crippen LogP contribution in [-0.2, 0) is 16.1 Å². The standard InChI is InChI=1S/C18H25N3O3/c1-14-16(19-18(24-14)15-8-6-5-7-9-15)12-21(10-11-23-4)13-17(22)20(2)3/h5-9H,10-13H2,1-4H3. The number of rotatable bonds is 8. The molecule has 130 valence electrons. The summed E-state index contributed by atoms with van der Waals surface area (Å²) < 4.78 is 10.9. The molecular weight excluding hydrogens is 306 g/mol. The fourth-order valence-corrected chi connectivity index (χ4v) is 2.26. The molecule has 0 aliphatic rings. The Labute approximate surface area is 143 Å². The van der Waals surface area contributed by atoms with Crippen LogP contribution in [0.4, 0.5) is 0 Å². The molecule has 0 saturated carbocycles. The molecule has 1 amide bonds. The molecule has 0 aliphatic carbocycles. The average molecular weight is 331 g/mol. The van der Waals surface area contributed by atoms with Crippen molar-refractivity contribution in [2.24, 2.45) is 0 Å². The van der Waals surface area contributed by atoms with E-state index in [1.807, 2.05) is 42.2 Å². The van der Waals surface area contributed by atoms with Gasteiger partial charge in [0.1, 0.15) is 5.76 Å². The van der Waals surface area contributed by atoms with E-state index in [9.17, 15) is 4.79 Å². The third kappa shape index (κ3) is 4.91. The summed E-state index contributed by atoms with van der Waals surface area (Å²) in [5.74, 6) is 1.43. The van der Waals surface area contributed by atoms with Gasteiger partial charge in [0.05, 0.1) is 18.8 Å². The quantitative estimate of drug-likeness (QED) is 0.742. The number of oxazole rings is 1. The van der Waals surface area contributed by atoms with Gasteiger partial charge in [-0.25, -0.2) is 4.98 Å². The average Bonchev–Trinajstić information content (AvgIpc) is 2.94. The van der Waals surface area contributed by atoms with Crippen LogP contribution < -0.4 is 0 Å². The second-order valence-corrected chi connectivity index (χ2v) is 5.88. The van der Waals surface area contributed by atoms with Gasteiger partial charge in [-0.05, 0) is 19.1 Å². The van der Waals surface area contributed by atoms with Crippen molar-refractivity contribution in [3.63, 3.8) is 0 Å². The molecule has 6 nitrogen and oxygen atoms in total. The van der Waals surface area contributed by atoms with Crippen molar-refractivity contribution in [2.45, 2.75) is 13.5 Å². The Kier molecular flexibility index (Phi) is 6.52. The Balaban J connectivity index is 2.13. The van der Waals surface area contributed by atoms with E-state index in [0.29, 0.717) is 32.1 Å². The normalized spacial score (nSPS) is 11.0. The van der Waals surface area contributed by atoms with Gasteiger partial charge < -0.3 is 14.1 Å². The van der Waals surface area contributed by atoms with Crippen molar-refractivity contribution < 1.29 is 13.9 Å². The maximum absolute atomic E-state index is 12.0. The highest BCUT2D eigenvalue weighted by Crippen LogP contribution is 2.22. The minimum Gasteiger partial charge on any atom is -0.441 e. The van der Waals surface area contributed by atoms with E-state index in [1.165, 1.54) is 0 Å². The Bertz CT molecular complexity index is 653. The summed E-state index contributed by atoms with van der Waals surface area (Å²) >= 11 is 0. The van der Waals surface area contributed by atoms with Gasteiger partial charge >= 0.3 is 0 Å². The van der Waals surface area contributed by atoms with Crippen LogP contribution in [0, 0.1) is 6.92 Å². The highest BCUT2D eigenvalue weighted by atomic mass is 16.5. The number of methoxy groups -OCH3 is 1. The number of carbonyl (C=O) groups excluding carboxylic acids is 1. The number of likely N-dealkylation sites (N-methyl/N-ethyl adjacent to an activating group) is 1. The van der Waals surface area contributed by atoms with Crippen LogP contribution in [0.2, 0.25) is 0 Å². The van der Waals surface area contributed by atoms with E-state index in [-0.39, 0.29) is 5.91 Å². The van der Waals surface area contributed by atoms with Gasteiger partial charge in [0.2, 0.25) is 11.8 Å². The summed E-state index contributed by atoms with van der Waals surface area (Å²) in [5, 5.41) is 0. The van der Waals surface area contributed by atoms with E-state index in [4.69, 9.17) is 9.15 Å². The van der Waals surface area contributed by atoms with E-state index >= 15 is 0 Å². The molecular formula is C18H25N3O3. The minimum atomic E-state index is 0.0514. The number of aromatic nitrogens is 1. The van der Waals surface area contributed by atoms with Gasteiger partial charge in [0.15, 0.2) is 0 Å². The minimum absolute atomic E-state index is 0.0514. The summed E-state index contributed by atoms with van der Waals surface area (Å²) in [6.07, 6.45) is 0. The lowest BCUT2D eigenvalue weighted by molar-refractivity contribution is -0.130. The number of hydrogen-bond donors (Lipinski definition) is 0. The van der Waals surface area contributed by atoms with E-state index < -0.39 is 0 Å². The maximum Gasteiger partial charge on any atom is 0.236 e. The lowest BCUT2D eigenvalue weighted by Crippen LogP contribution is -2.38. The Morgan fingerprint density at radius 3 is 2.58 bits per heavy atom. The zero-order valence-corrected chi connectivity index (χ0v) is 14.8. The van der Waals surface area contributed by atoms with Crippen molar-refractivity contribution in [1.29, 1.82) is 0 Å². The molecule has 2 aromatic rings. The molecule has 0 atom stereocenters. The number of hydrogen-bond acceptors (Lipinski definition) is 5. The molecule has 0 spiro atoms. The van der Waals surface area contributed by atoms with E-state index in [1.54, 1.807) is 26.1 Å². The molecule has 0 N–H and O–H groups in total. The van der Waals surface area contributed by atoms with Crippen molar-refractivity contribution in [1.82, 2.24) is 14.8 Å². The molecule has 0 saturated heterocycles. The van der Waals surface area contributed by atoms with Gasteiger partial charge in [0, 0.05) is 39.9 Å². The molecule has 0 unspecified atom stereocenters. The predicted octanol–water partition coefficient (Wildman–Crippen LogP) is 2.19. The van der Waals surface area contributed by atoms with Crippen molar-refractivity contribution >= 4 is 5.91 Å². The third-order valence-electron chi connectivity index (χ3n) is 3.76. The Hall–Kier alpha value is -2.18. The number of nitrogens with zero attached hydrogens (tertiary/aromatic N) is 3. The lowest BCUT2D eigenvalue weighted by Gasteiger charge is -2.22. The zero-order valence-electron chi connectivity index (χ0n) is 14.8. The maximum atomic E-state index is 12.0. The first-order valence-electron chi connectivity index (χ1n) is 7.94. The molecule has 0 bridgehead atoms. The molecule has 24 heavy (non-hydrogen) atoms. The van der Waals surface area contributed by atoms with Crippen LogP contribution in [0.15, 0.2) is 34.7 Å². The first-order valence-corrected chi connectivity index (χ1v) is 7.94. The molecule has 6 heteroatoms. The van der Waals surface area contributed by atoms with Crippen LogP contribution in [0.1, 0.15) is 11.5 Å². The van der Waals surface area contributed by atoms with Gasteiger partial charge in [0.25, 0.3) is 0 Å². The monoisotopic (exact) mass is 331 g/mol. The Morgan fingerprint density at radius 2 is 1.96 bits per heavy atom. The summed E-state index contributed by atoms with van der Waals surface area (Å²) in [5.41, 5.74) is 1.79. The van der Waals surface area contributed by atoms with Gasteiger partial charge in [-0.15, -0.1) is 0 Å². The van der Waals surface area contributed by atoms with Crippen LogP contribution in [0.5, 0.6) is 0 Å².